The van der Waals surface area contributed by atoms with E-state index in [1.165, 1.54) is 17.4 Å². The molecular weight excluding hydrogens is 444 g/mol. The van der Waals surface area contributed by atoms with E-state index in [1.54, 1.807) is 4.90 Å². The lowest BCUT2D eigenvalue weighted by atomic mass is 10.1. The number of carbonyl (C=O) groups is 1. The minimum absolute atomic E-state index is 0.167. The van der Waals surface area contributed by atoms with Crippen LogP contribution in [0.25, 0.3) is 0 Å². The van der Waals surface area contributed by atoms with Gasteiger partial charge in [-0.15, -0.1) is 0 Å². The fourth-order valence-electron chi connectivity index (χ4n) is 3.96. The molecule has 3 heterocycles. The van der Waals surface area contributed by atoms with Gasteiger partial charge < -0.3 is 36.2 Å². The summed E-state index contributed by atoms with van der Waals surface area (Å²) in [6.07, 6.45) is 3.56. The molecule has 1 aromatic heterocycles. The average Bonchev–Trinajstić information content (AvgIpc) is 3.32. The Bertz CT molecular complexity index is 993. The molecule has 2 saturated heterocycles. The summed E-state index contributed by atoms with van der Waals surface area (Å²) < 4.78 is 5.21. The van der Waals surface area contributed by atoms with Crippen LogP contribution in [-0.4, -0.2) is 77.8 Å². The topological polar surface area (TPSA) is 126 Å². The van der Waals surface area contributed by atoms with Crippen LogP contribution < -0.4 is 21.7 Å². The number of rotatable bonds is 3. The molecule has 2 aliphatic rings. The summed E-state index contributed by atoms with van der Waals surface area (Å²) in [5.41, 5.74) is 14.8. The Balaban J connectivity index is 0.000000241. The Hall–Kier alpha value is -3.27. The third-order valence-corrected chi connectivity index (χ3v) is 5.90. The van der Waals surface area contributed by atoms with Gasteiger partial charge in [0.15, 0.2) is 5.82 Å². The molecule has 1 aromatic carbocycles. The first kappa shape index (κ1) is 26.3. The monoisotopic (exact) mass is 484 g/mol. The third-order valence-electron chi connectivity index (χ3n) is 5.90. The Kier molecular flexibility index (Phi) is 8.61. The number of likely N-dealkylation sites (N-methyl/N-ethyl adjacent to an activating group) is 1. The average molecular weight is 485 g/mol. The smallest absolute Gasteiger partial charge is 0.410 e. The van der Waals surface area contributed by atoms with Crippen LogP contribution in [0.2, 0.25) is 0 Å². The molecular formula is C25H40N8O2. The number of aromatic nitrogens is 2. The number of hydrogen-bond acceptors (Lipinski definition) is 9. The quantitative estimate of drug-likeness (QED) is 0.600. The fraction of sp³-hybridized carbons (Fsp3) is 0.560. The van der Waals surface area contributed by atoms with E-state index in [9.17, 15) is 4.79 Å². The molecule has 0 aliphatic carbocycles. The summed E-state index contributed by atoms with van der Waals surface area (Å²) in [5.74, 6) is 0.733. The number of likely N-dealkylation sites (tertiary alicyclic amines) is 1. The number of benzene rings is 1. The molecule has 0 atom stereocenters. The maximum absolute atomic E-state index is 11.4. The van der Waals surface area contributed by atoms with Gasteiger partial charge in [0.2, 0.25) is 5.95 Å². The van der Waals surface area contributed by atoms with E-state index >= 15 is 0 Å². The van der Waals surface area contributed by atoms with Crippen molar-refractivity contribution < 1.29 is 9.53 Å². The Morgan fingerprint density at radius 2 is 1.71 bits per heavy atom. The van der Waals surface area contributed by atoms with Gasteiger partial charge in [-0.2, -0.15) is 4.98 Å². The van der Waals surface area contributed by atoms with Crippen molar-refractivity contribution in [1.29, 1.82) is 0 Å². The first-order valence-electron chi connectivity index (χ1n) is 12.2. The number of piperazine rings is 1. The predicted molar refractivity (Wildman–Crippen MR) is 142 cm³/mol. The van der Waals surface area contributed by atoms with Crippen molar-refractivity contribution in [3.05, 3.63) is 30.0 Å². The van der Waals surface area contributed by atoms with Crippen molar-refractivity contribution in [2.75, 3.05) is 68.0 Å². The van der Waals surface area contributed by atoms with Crippen molar-refractivity contribution in [2.24, 2.45) is 0 Å². The van der Waals surface area contributed by atoms with Crippen molar-refractivity contribution in [3.8, 4) is 0 Å². The zero-order valence-corrected chi connectivity index (χ0v) is 21.7. The van der Waals surface area contributed by atoms with Crippen LogP contribution in [0, 0.1) is 6.92 Å². The summed E-state index contributed by atoms with van der Waals surface area (Å²) in [4.78, 5) is 26.2. The van der Waals surface area contributed by atoms with Crippen LogP contribution in [0.3, 0.4) is 0 Å². The van der Waals surface area contributed by atoms with Gasteiger partial charge in [0.1, 0.15) is 5.60 Å². The second kappa shape index (κ2) is 11.4. The van der Waals surface area contributed by atoms with Crippen LogP contribution in [0.5, 0.6) is 0 Å². The Morgan fingerprint density at radius 1 is 1.06 bits per heavy atom. The van der Waals surface area contributed by atoms with Gasteiger partial charge in [-0.1, -0.05) is 0 Å². The number of aryl methyl sites for hydroxylation is 1. The third kappa shape index (κ3) is 7.88. The van der Waals surface area contributed by atoms with Crippen molar-refractivity contribution in [2.45, 2.75) is 46.1 Å². The largest absolute Gasteiger partial charge is 0.444 e. The van der Waals surface area contributed by atoms with Gasteiger partial charge in [0, 0.05) is 50.6 Å². The lowest BCUT2D eigenvalue weighted by molar-refractivity contribution is 0.0295. The van der Waals surface area contributed by atoms with Crippen LogP contribution in [-0.2, 0) is 4.74 Å². The normalized spacial score (nSPS) is 16.5. The van der Waals surface area contributed by atoms with E-state index < -0.39 is 0 Å². The fourth-order valence-corrected chi connectivity index (χ4v) is 3.96. The highest BCUT2D eigenvalue weighted by atomic mass is 16.6. The van der Waals surface area contributed by atoms with Gasteiger partial charge in [0.05, 0.1) is 11.9 Å². The van der Waals surface area contributed by atoms with Crippen molar-refractivity contribution in [1.82, 2.24) is 19.8 Å². The van der Waals surface area contributed by atoms with Gasteiger partial charge in [-0.3, -0.25) is 0 Å². The van der Waals surface area contributed by atoms with E-state index in [1.807, 2.05) is 26.8 Å². The molecule has 0 bridgehead atoms. The molecule has 0 unspecified atom stereocenters. The molecule has 35 heavy (non-hydrogen) atoms. The number of anilines is 5. The van der Waals surface area contributed by atoms with Gasteiger partial charge in [-0.25, -0.2) is 9.78 Å². The summed E-state index contributed by atoms with van der Waals surface area (Å²) in [6.45, 7) is 13.8. The number of hydrogen-bond donors (Lipinski definition) is 3. The molecule has 192 valence electrons. The van der Waals surface area contributed by atoms with E-state index in [2.05, 4.69) is 51.2 Å². The van der Waals surface area contributed by atoms with Gasteiger partial charge >= 0.3 is 6.09 Å². The molecule has 0 radical (unpaired) electrons. The second-order valence-corrected chi connectivity index (χ2v) is 10.1. The molecule has 4 rings (SSSR count). The first-order valence-corrected chi connectivity index (χ1v) is 12.2. The van der Waals surface area contributed by atoms with E-state index in [0.717, 1.165) is 57.8 Å². The molecule has 0 spiro atoms. The lowest BCUT2D eigenvalue weighted by Crippen LogP contribution is -2.44. The summed E-state index contributed by atoms with van der Waals surface area (Å²) in [6, 6.07) is 6.28. The molecule has 2 fully saturated rings. The molecule has 2 aliphatic heterocycles. The van der Waals surface area contributed by atoms with Crippen molar-refractivity contribution in [3.63, 3.8) is 0 Å². The number of ether oxygens (including phenoxy) is 1. The molecule has 10 heteroatoms. The molecule has 2 aromatic rings. The van der Waals surface area contributed by atoms with Crippen LogP contribution in [0.4, 0.5) is 33.6 Å². The highest BCUT2D eigenvalue weighted by molar-refractivity contribution is 5.68. The zero-order chi connectivity index (χ0) is 25.6. The van der Waals surface area contributed by atoms with E-state index in [4.69, 9.17) is 16.2 Å². The highest BCUT2D eigenvalue weighted by Crippen LogP contribution is 2.26. The SMILES string of the molecule is CC(C)(C)OC(=O)N1CCCC1.Cc1cc(Nc2ncc(N)c(N)n2)ccc1N1CCN(C)CC1. The number of nitrogens with two attached hydrogens (primary N) is 2. The predicted octanol–water partition coefficient (Wildman–Crippen LogP) is 3.46. The molecule has 5 N–H and O–H groups in total. The minimum atomic E-state index is -0.361. The highest BCUT2D eigenvalue weighted by Gasteiger charge is 2.24. The summed E-state index contributed by atoms with van der Waals surface area (Å²) in [7, 11) is 2.16. The number of nitrogens with zero attached hydrogens (tertiary/aromatic N) is 5. The van der Waals surface area contributed by atoms with Crippen LogP contribution in [0.1, 0.15) is 39.2 Å². The maximum Gasteiger partial charge on any atom is 0.410 e. The lowest BCUT2D eigenvalue weighted by Gasteiger charge is -2.35. The molecule has 10 nitrogen and oxygen atoms in total. The first-order chi connectivity index (χ1) is 16.5. The number of nitrogens with one attached hydrogen (secondary N) is 1. The number of carbonyl (C=O) groups excluding carboxylic acids is 1. The maximum atomic E-state index is 11.4. The van der Waals surface area contributed by atoms with Gasteiger partial charge in [-0.05, 0) is 71.3 Å². The molecule has 0 saturated carbocycles. The zero-order valence-electron chi connectivity index (χ0n) is 21.7. The standard InChI is InChI=1S/C16H23N7.C9H17NO2/c1-11-9-12(20-16-19-10-13(17)15(18)21-16)3-4-14(11)23-7-5-22(2)6-8-23;1-9(2,3)12-8(11)10-6-4-5-7-10/h3-4,9-10H,5-8,17H2,1-2H3,(H3,18,19,20,21);4-7H2,1-3H3. The van der Waals surface area contributed by atoms with Crippen LogP contribution in [0.15, 0.2) is 24.4 Å². The summed E-state index contributed by atoms with van der Waals surface area (Å²) in [5, 5.41) is 3.17. The number of nitrogen functional groups attached to an aromatic ring is 2. The Morgan fingerprint density at radius 3 is 2.29 bits per heavy atom. The van der Waals surface area contributed by atoms with E-state index in [-0.39, 0.29) is 17.5 Å². The van der Waals surface area contributed by atoms with Crippen molar-refractivity contribution >= 4 is 34.9 Å². The summed E-state index contributed by atoms with van der Waals surface area (Å²) >= 11 is 0. The van der Waals surface area contributed by atoms with Gasteiger partial charge in [0.25, 0.3) is 0 Å². The number of amides is 1. The molecule has 1 amide bonds. The Labute approximate surface area is 208 Å². The van der Waals surface area contributed by atoms with Crippen LogP contribution >= 0.6 is 0 Å². The second-order valence-electron chi connectivity index (χ2n) is 10.1. The minimum Gasteiger partial charge on any atom is -0.444 e. The van der Waals surface area contributed by atoms with E-state index in [0.29, 0.717) is 11.6 Å².